The molecule has 1 unspecified atom stereocenters. The first kappa shape index (κ1) is 17.0. The van der Waals surface area contributed by atoms with E-state index in [2.05, 4.69) is 5.32 Å². The molecule has 0 bridgehead atoms. The third-order valence-corrected chi connectivity index (χ3v) is 2.94. The van der Waals surface area contributed by atoms with E-state index in [4.69, 9.17) is 4.74 Å². The fourth-order valence-electron chi connectivity index (χ4n) is 1.74. The number of esters is 1. The number of carbonyl (C=O) groups excluding carboxylic acids is 2. The Bertz CT molecular complexity index is 471. The molecule has 0 radical (unpaired) electrons. The number of urea groups is 1. The normalized spacial score (nSPS) is 11.6. The molecule has 2 amide bonds. The van der Waals surface area contributed by atoms with Crippen molar-refractivity contribution in [2.45, 2.75) is 26.9 Å². The van der Waals surface area contributed by atoms with Gasteiger partial charge in [0.1, 0.15) is 6.54 Å². The van der Waals surface area contributed by atoms with Crippen LogP contribution in [0.3, 0.4) is 0 Å². The van der Waals surface area contributed by atoms with Crippen molar-refractivity contribution in [3.63, 3.8) is 0 Å². The molecule has 6 heteroatoms. The number of nitrogens with one attached hydrogen (secondary N) is 1. The first-order chi connectivity index (χ1) is 9.97. The third-order valence-electron chi connectivity index (χ3n) is 2.94. The van der Waals surface area contributed by atoms with Crippen LogP contribution in [0.2, 0.25) is 0 Å². The number of aliphatic hydroxyl groups excluding tert-OH is 1. The molecule has 1 atom stereocenters. The van der Waals surface area contributed by atoms with Crippen molar-refractivity contribution >= 4 is 17.7 Å². The van der Waals surface area contributed by atoms with Crippen LogP contribution >= 0.6 is 0 Å². The SMILES string of the molecule is CCOC(=O)CN(CC)C(=O)Nc1ccc(C(C)O)cc1. The molecule has 1 rings (SSSR count). The van der Waals surface area contributed by atoms with Gasteiger partial charge in [0.15, 0.2) is 0 Å². The number of amides is 2. The lowest BCUT2D eigenvalue weighted by molar-refractivity contribution is -0.143. The van der Waals surface area contributed by atoms with Gasteiger partial charge in [-0.25, -0.2) is 4.79 Å². The highest BCUT2D eigenvalue weighted by molar-refractivity contribution is 5.91. The second-order valence-electron chi connectivity index (χ2n) is 4.55. The van der Waals surface area contributed by atoms with Gasteiger partial charge in [-0.15, -0.1) is 0 Å². The molecular weight excluding hydrogens is 272 g/mol. The molecule has 0 saturated heterocycles. The number of anilines is 1. The highest BCUT2D eigenvalue weighted by Gasteiger charge is 2.16. The first-order valence-corrected chi connectivity index (χ1v) is 6.97. The fraction of sp³-hybridized carbons (Fsp3) is 0.467. The van der Waals surface area contributed by atoms with Crippen LogP contribution in [0.1, 0.15) is 32.4 Å². The number of hydrogen-bond acceptors (Lipinski definition) is 4. The fourth-order valence-corrected chi connectivity index (χ4v) is 1.74. The summed E-state index contributed by atoms with van der Waals surface area (Å²) in [6, 6.07) is 6.52. The van der Waals surface area contributed by atoms with Crippen molar-refractivity contribution in [2.24, 2.45) is 0 Å². The van der Waals surface area contributed by atoms with Crippen LogP contribution in [0.4, 0.5) is 10.5 Å². The Morgan fingerprint density at radius 3 is 2.38 bits per heavy atom. The van der Waals surface area contributed by atoms with Gasteiger partial charge >= 0.3 is 12.0 Å². The van der Waals surface area contributed by atoms with E-state index in [1.54, 1.807) is 45.0 Å². The summed E-state index contributed by atoms with van der Waals surface area (Å²) in [7, 11) is 0. The summed E-state index contributed by atoms with van der Waals surface area (Å²) < 4.78 is 4.83. The first-order valence-electron chi connectivity index (χ1n) is 6.97. The molecule has 0 heterocycles. The van der Waals surface area contributed by atoms with Crippen molar-refractivity contribution in [1.82, 2.24) is 4.90 Å². The Labute approximate surface area is 124 Å². The van der Waals surface area contributed by atoms with E-state index < -0.39 is 12.1 Å². The molecular formula is C15H22N2O4. The zero-order valence-corrected chi connectivity index (χ0v) is 12.6. The highest BCUT2D eigenvalue weighted by Crippen LogP contribution is 2.15. The Kier molecular flexibility index (Phi) is 6.68. The molecule has 0 aliphatic carbocycles. The van der Waals surface area contributed by atoms with Gasteiger partial charge < -0.3 is 20.1 Å². The number of hydrogen-bond donors (Lipinski definition) is 2. The highest BCUT2D eigenvalue weighted by atomic mass is 16.5. The molecule has 0 spiro atoms. The van der Waals surface area contributed by atoms with Gasteiger partial charge in [-0.05, 0) is 38.5 Å². The average Bonchev–Trinajstić information content (AvgIpc) is 2.45. The minimum Gasteiger partial charge on any atom is -0.465 e. The molecule has 2 N–H and O–H groups in total. The van der Waals surface area contributed by atoms with Crippen LogP contribution < -0.4 is 5.32 Å². The van der Waals surface area contributed by atoms with Crippen molar-refractivity contribution in [2.75, 3.05) is 25.0 Å². The van der Waals surface area contributed by atoms with Gasteiger partial charge in [0.25, 0.3) is 0 Å². The minimum atomic E-state index is -0.550. The lowest BCUT2D eigenvalue weighted by Crippen LogP contribution is -2.39. The van der Waals surface area contributed by atoms with Crippen LogP contribution in [-0.2, 0) is 9.53 Å². The Morgan fingerprint density at radius 1 is 1.29 bits per heavy atom. The minimum absolute atomic E-state index is 0.0814. The largest absolute Gasteiger partial charge is 0.465 e. The van der Waals surface area contributed by atoms with Crippen molar-refractivity contribution < 1.29 is 19.4 Å². The molecule has 6 nitrogen and oxygen atoms in total. The lowest BCUT2D eigenvalue weighted by atomic mass is 10.1. The number of aliphatic hydroxyl groups is 1. The van der Waals surface area contributed by atoms with Gasteiger partial charge in [-0.1, -0.05) is 12.1 Å². The van der Waals surface area contributed by atoms with Crippen LogP contribution in [0.5, 0.6) is 0 Å². The van der Waals surface area contributed by atoms with E-state index in [0.717, 1.165) is 5.56 Å². The van der Waals surface area contributed by atoms with Crippen LogP contribution in [0.15, 0.2) is 24.3 Å². The maximum Gasteiger partial charge on any atom is 0.325 e. The summed E-state index contributed by atoms with van der Waals surface area (Å²) in [5.74, 6) is -0.432. The molecule has 0 fully saturated rings. The van der Waals surface area contributed by atoms with E-state index in [-0.39, 0.29) is 12.6 Å². The predicted octanol–water partition coefficient (Wildman–Crippen LogP) is 2.16. The number of benzene rings is 1. The molecule has 0 aliphatic rings. The Morgan fingerprint density at radius 2 is 1.90 bits per heavy atom. The zero-order chi connectivity index (χ0) is 15.8. The molecule has 0 saturated carbocycles. The second kappa shape index (κ2) is 8.26. The van der Waals surface area contributed by atoms with Gasteiger partial charge in [0.05, 0.1) is 12.7 Å². The van der Waals surface area contributed by atoms with E-state index in [1.807, 2.05) is 0 Å². The Hall–Kier alpha value is -2.08. The van der Waals surface area contributed by atoms with E-state index in [1.165, 1.54) is 4.90 Å². The van der Waals surface area contributed by atoms with Crippen molar-refractivity contribution in [3.8, 4) is 0 Å². The molecule has 0 aliphatic heterocycles. The average molecular weight is 294 g/mol. The smallest absolute Gasteiger partial charge is 0.325 e. The lowest BCUT2D eigenvalue weighted by Gasteiger charge is -2.20. The molecule has 0 aromatic heterocycles. The monoisotopic (exact) mass is 294 g/mol. The van der Waals surface area contributed by atoms with Crippen LogP contribution in [0.25, 0.3) is 0 Å². The number of nitrogens with zero attached hydrogens (tertiary/aromatic N) is 1. The third kappa shape index (κ3) is 5.43. The van der Waals surface area contributed by atoms with Crippen molar-refractivity contribution in [1.29, 1.82) is 0 Å². The van der Waals surface area contributed by atoms with E-state index in [0.29, 0.717) is 18.8 Å². The molecule has 1 aromatic rings. The van der Waals surface area contributed by atoms with E-state index in [9.17, 15) is 14.7 Å². The number of ether oxygens (including phenoxy) is 1. The number of carbonyl (C=O) groups is 2. The summed E-state index contributed by atoms with van der Waals surface area (Å²) in [4.78, 5) is 24.8. The van der Waals surface area contributed by atoms with Gasteiger partial charge in [0, 0.05) is 12.2 Å². The topological polar surface area (TPSA) is 78.9 Å². The molecule has 21 heavy (non-hydrogen) atoms. The maximum atomic E-state index is 12.1. The van der Waals surface area contributed by atoms with Crippen molar-refractivity contribution in [3.05, 3.63) is 29.8 Å². The standard InChI is InChI=1S/C15H22N2O4/c1-4-17(10-14(19)21-5-2)15(20)16-13-8-6-12(7-9-13)11(3)18/h6-9,11,18H,4-5,10H2,1-3H3,(H,16,20). The van der Waals surface area contributed by atoms with E-state index >= 15 is 0 Å². The van der Waals surface area contributed by atoms with Gasteiger partial charge in [-0.2, -0.15) is 0 Å². The quantitative estimate of drug-likeness (QED) is 0.788. The number of likely N-dealkylation sites (N-methyl/N-ethyl adjacent to an activating group) is 1. The van der Waals surface area contributed by atoms with Gasteiger partial charge in [-0.3, -0.25) is 4.79 Å². The molecule has 116 valence electrons. The summed E-state index contributed by atoms with van der Waals surface area (Å²) >= 11 is 0. The van der Waals surface area contributed by atoms with Gasteiger partial charge in [0.2, 0.25) is 0 Å². The zero-order valence-electron chi connectivity index (χ0n) is 12.6. The van der Waals surface area contributed by atoms with Crippen LogP contribution in [-0.4, -0.2) is 41.7 Å². The summed E-state index contributed by atoms with van der Waals surface area (Å²) in [6.45, 7) is 5.79. The predicted molar refractivity (Wildman–Crippen MR) is 80.0 cm³/mol. The Balaban J connectivity index is 2.63. The summed E-state index contributed by atoms with van der Waals surface area (Å²) in [5, 5.41) is 12.1. The molecule has 1 aromatic carbocycles. The van der Waals surface area contributed by atoms with Crippen LogP contribution in [0, 0.1) is 0 Å². The summed E-state index contributed by atoms with van der Waals surface area (Å²) in [6.07, 6.45) is -0.550. The number of rotatable bonds is 6. The summed E-state index contributed by atoms with van der Waals surface area (Å²) in [5.41, 5.74) is 1.37. The second-order valence-corrected chi connectivity index (χ2v) is 4.55. The maximum absolute atomic E-state index is 12.1.